The highest BCUT2D eigenvalue weighted by molar-refractivity contribution is 5.83. The van der Waals surface area contributed by atoms with Crippen molar-refractivity contribution in [2.75, 3.05) is 0 Å². The molecule has 2 aliphatic rings. The van der Waals surface area contributed by atoms with E-state index in [4.69, 9.17) is 0 Å². The minimum Gasteiger partial charge on any atom is -0.481 e. The molecule has 0 unspecified atom stereocenters. The summed E-state index contributed by atoms with van der Waals surface area (Å²) in [5.74, 6) is -0.650. The summed E-state index contributed by atoms with van der Waals surface area (Å²) >= 11 is 0. The van der Waals surface area contributed by atoms with Gasteiger partial charge in [0.1, 0.15) is 0 Å². The van der Waals surface area contributed by atoms with Crippen molar-refractivity contribution in [2.45, 2.75) is 43.9 Å². The van der Waals surface area contributed by atoms with Crippen molar-refractivity contribution in [1.29, 1.82) is 0 Å². The zero-order valence-electron chi connectivity index (χ0n) is 12.6. The molecule has 4 rings (SSSR count). The maximum Gasteiger partial charge on any atom is 0.314 e. The van der Waals surface area contributed by atoms with E-state index in [2.05, 4.69) is 42.5 Å². The van der Waals surface area contributed by atoms with E-state index >= 15 is 0 Å². The molecule has 1 saturated carbocycles. The summed E-state index contributed by atoms with van der Waals surface area (Å²) in [6, 6.07) is 14.8. The lowest BCUT2D eigenvalue weighted by Crippen LogP contribution is -2.37. The van der Waals surface area contributed by atoms with Gasteiger partial charge < -0.3 is 5.11 Å². The molecule has 0 bridgehead atoms. The van der Waals surface area contributed by atoms with Crippen molar-refractivity contribution < 1.29 is 9.90 Å². The third-order valence-electron chi connectivity index (χ3n) is 5.46. The quantitative estimate of drug-likeness (QED) is 0.752. The van der Waals surface area contributed by atoms with Crippen molar-refractivity contribution in [1.82, 2.24) is 0 Å². The molecule has 0 aromatic heterocycles. The standard InChI is InChI=1S/C20H20O2/c21-19(22)20(10-4-1-5-11-20)16-8-9-18-15(13-16)12-14-6-2-3-7-17(14)18/h2-3,6-9,13H,1,4-5,10-12H2,(H,21,22). The highest BCUT2D eigenvalue weighted by Crippen LogP contribution is 2.43. The second-order valence-electron chi connectivity index (χ2n) is 6.65. The number of aliphatic carboxylic acids is 1. The lowest BCUT2D eigenvalue weighted by atomic mass is 9.69. The lowest BCUT2D eigenvalue weighted by Gasteiger charge is -2.34. The smallest absolute Gasteiger partial charge is 0.314 e. The SMILES string of the molecule is O=C(O)C1(c2ccc3c(c2)Cc2ccccc2-3)CCCCC1. The van der Waals surface area contributed by atoms with Crippen molar-refractivity contribution in [3.05, 3.63) is 59.2 Å². The van der Waals surface area contributed by atoms with E-state index in [9.17, 15) is 9.90 Å². The van der Waals surface area contributed by atoms with Crippen LogP contribution in [0.2, 0.25) is 0 Å². The van der Waals surface area contributed by atoms with E-state index < -0.39 is 11.4 Å². The Labute approximate surface area is 130 Å². The second kappa shape index (κ2) is 4.98. The summed E-state index contributed by atoms with van der Waals surface area (Å²) in [5.41, 5.74) is 5.55. The van der Waals surface area contributed by atoms with Gasteiger partial charge in [0.25, 0.3) is 0 Å². The number of carboxylic acid groups (broad SMARTS) is 1. The monoisotopic (exact) mass is 292 g/mol. The zero-order chi connectivity index (χ0) is 15.2. The predicted octanol–water partition coefficient (Wildman–Crippen LogP) is 4.54. The molecule has 0 radical (unpaired) electrons. The highest BCUT2D eigenvalue weighted by Gasteiger charge is 2.41. The van der Waals surface area contributed by atoms with Crippen LogP contribution in [0.1, 0.15) is 48.8 Å². The number of benzene rings is 2. The molecule has 1 N–H and O–H groups in total. The molecular formula is C20H20O2. The molecule has 112 valence electrons. The Morgan fingerprint density at radius 3 is 2.41 bits per heavy atom. The van der Waals surface area contributed by atoms with Gasteiger partial charge in [-0.2, -0.15) is 0 Å². The van der Waals surface area contributed by atoms with Crippen LogP contribution in [-0.2, 0) is 16.6 Å². The molecule has 0 aliphatic heterocycles. The molecule has 22 heavy (non-hydrogen) atoms. The molecule has 2 aromatic rings. The van der Waals surface area contributed by atoms with Crippen molar-refractivity contribution in [3.8, 4) is 11.1 Å². The Hall–Kier alpha value is -2.09. The third kappa shape index (κ3) is 1.90. The van der Waals surface area contributed by atoms with E-state index in [1.54, 1.807) is 0 Å². The molecule has 0 atom stereocenters. The molecule has 0 saturated heterocycles. The number of carbonyl (C=O) groups is 1. The topological polar surface area (TPSA) is 37.3 Å². The van der Waals surface area contributed by atoms with Gasteiger partial charge in [0.2, 0.25) is 0 Å². The number of hydrogen-bond donors (Lipinski definition) is 1. The summed E-state index contributed by atoms with van der Waals surface area (Å²) in [6.45, 7) is 0. The van der Waals surface area contributed by atoms with Crippen LogP contribution in [-0.4, -0.2) is 11.1 Å². The maximum absolute atomic E-state index is 12.0. The Kier molecular flexibility index (Phi) is 3.07. The van der Waals surface area contributed by atoms with E-state index in [1.807, 2.05) is 0 Å². The van der Waals surface area contributed by atoms with E-state index in [0.717, 1.165) is 44.1 Å². The van der Waals surface area contributed by atoms with Gasteiger partial charge in [-0.25, -0.2) is 0 Å². The Morgan fingerprint density at radius 1 is 0.909 bits per heavy atom. The summed E-state index contributed by atoms with van der Waals surface area (Å²) < 4.78 is 0. The minimum absolute atomic E-state index is 0.650. The second-order valence-corrected chi connectivity index (χ2v) is 6.65. The summed E-state index contributed by atoms with van der Waals surface area (Å²) in [4.78, 5) is 12.0. The lowest BCUT2D eigenvalue weighted by molar-refractivity contribution is -0.145. The van der Waals surface area contributed by atoms with Crippen LogP contribution < -0.4 is 0 Å². The van der Waals surface area contributed by atoms with Crippen LogP contribution in [0.5, 0.6) is 0 Å². The first kappa shape index (κ1) is 13.6. The van der Waals surface area contributed by atoms with Crippen LogP contribution in [0, 0.1) is 0 Å². The number of hydrogen-bond acceptors (Lipinski definition) is 1. The third-order valence-corrected chi connectivity index (χ3v) is 5.46. The Morgan fingerprint density at radius 2 is 1.64 bits per heavy atom. The van der Waals surface area contributed by atoms with Crippen molar-refractivity contribution >= 4 is 5.97 Å². The largest absolute Gasteiger partial charge is 0.481 e. The van der Waals surface area contributed by atoms with Gasteiger partial charge in [-0.3, -0.25) is 4.79 Å². The fourth-order valence-corrected chi connectivity index (χ4v) is 4.22. The summed E-state index contributed by atoms with van der Waals surface area (Å²) in [5, 5.41) is 9.86. The van der Waals surface area contributed by atoms with Crippen LogP contribution in [0.25, 0.3) is 11.1 Å². The zero-order valence-corrected chi connectivity index (χ0v) is 12.6. The first-order valence-corrected chi connectivity index (χ1v) is 8.16. The highest BCUT2D eigenvalue weighted by atomic mass is 16.4. The molecule has 1 fully saturated rings. The average Bonchev–Trinajstić information content (AvgIpc) is 2.93. The molecule has 0 amide bonds. The summed E-state index contributed by atoms with van der Waals surface area (Å²) in [6.07, 6.45) is 5.66. The van der Waals surface area contributed by atoms with Gasteiger partial charge in [-0.05, 0) is 47.1 Å². The Balaban J connectivity index is 1.79. The van der Waals surface area contributed by atoms with E-state index in [0.29, 0.717) is 0 Å². The van der Waals surface area contributed by atoms with Gasteiger partial charge in [0, 0.05) is 0 Å². The predicted molar refractivity (Wildman–Crippen MR) is 87.1 cm³/mol. The Bertz CT molecular complexity index is 739. The number of carboxylic acids is 1. The first-order chi connectivity index (χ1) is 10.7. The van der Waals surface area contributed by atoms with Gasteiger partial charge in [-0.1, -0.05) is 61.7 Å². The fourth-order valence-electron chi connectivity index (χ4n) is 4.22. The number of rotatable bonds is 2. The normalized spacial score (nSPS) is 18.5. The molecular weight excluding hydrogens is 272 g/mol. The van der Waals surface area contributed by atoms with Crippen molar-refractivity contribution in [3.63, 3.8) is 0 Å². The van der Waals surface area contributed by atoms with Crippen LogP contribution in [0.3, 0.4) is 0 Å². The van der Waals surface area contributed by atoms with Crippen LogP contribution in [0.15, 0.2) is 42.5 Å². The fraction of sp³-hybridized carbons (Fsp3) is 0.350. The molecule has 2 heteroatoms. The molecule has 2 aliphatic carbocycles. The minimum atomic E-state index is -0.665. The van der Waals surface area contributed by atoms with Gasteiger partial charge in [-0.15, -0.1) is 0 Å². The van der Waals surface area contributed by atoms with Gasteiger partial charge >= 0.3 is 5.97 Å². The van der Waals surface area contributed by atoms with E-state index in [-0.39, 0.29) is 0 Å². The van der Waals surface area contributed by atoms with E-state index in [1.165, 1.54) is 22.3 Å². The maximum atomic E-state index is 12.0. The van der Waals surface area contributed by atoms with Crippen LogP contribution >= 0.6 is 0 Å². The first-order valence-electron chi connectivity index (χ1n) is 8.16. The van der Waals surface area contributed by atoms with Gasteiger partial charge in [0.15, 0.2) is 0 Å². The molecule has 0 spiro atoms. The van der Waals surface area contributed by atoms with Crippen LogP contribution in [0.4, 0.5) is 0 Å². The molecule has 2 aromatic carbocycles. The van der Waals surface area contributed by atoms with Gasteiger partial charge in [0.05, 0.1) is 5.41 Å². The van der Waals surface area contributed by atoms with Crippen molar-refractivity contribution in [2.24, 2.45) is 0 Å². The molecule has 2 nitrogen and oxygen atoms in total. The number of fused-ring (bicyclic) bond motifs is 3. The molecule has 0 heterocycles. The average molecular weight is 292 g/mol. The summed E-state index contributed by atoms with van der Waals surface area (Å²) in [7, 11) is 0.